The largest absolute Gasteiger partial charge is 0.370 e. The average molecular weight is 324 g/mol. The Bertz CT molecular complexity index is 655. The minimum atomic E-state index is -0.0424. The lowest BCUT2D eigenvalue weighted by atomic mass is 10.1. The smallest absolute Gasteiger partial charge is 0.317 e. The molecule has 1 aliphatic rings. The Balaban J connectivity index is 1.50. The van der Waals surface area contributed by atoms with Crippen molar-refractivity contribution in [2.45, 2.75) is 19.4 Å². The second kappa shape index (κ2) is 7.97. The number of benzene rings is 2. The zero-order chi connectivity index (χ0) is 16.8. The first-order valence-electron chi connectivity index (χ1n) is 8.47. The van der Waals surface area contributed by atoms with Crippen molar-refractivity contribution in [1.29, 1.82) is 0 Å². The van der Waals surface area contributed by atoms with Gasteiger partial charge < -0.3 is 15.0 Å². The molecule has 1 N–H and O–H groups in total. The van der Waals surface area contributed by atoms with Crippen LogP contribution in [0.2, 0.25) is 0 Å². The van der Waals surface area contributed by atoms with Crippen molar-refractivity contribution in [2.24, 2.45) is 0 Å². The molecule has 24 heavy (non-hydrogen) atoms. The second-order valence-corrected chi connectivity index (χ2v) is 6.18. The molecule has 1 fully saturated rings. The van der Waals surface area contributed by atoms with E-state index in [1.807, 2.05) is 23.1 Å². The third-order valence-electron chi connectivity index (χ3n) is 4.34. The quantitative estimate of drug-likeness (QED) is 0.937. The molecule has 0 radical (unpaired) electrons. The highest BCUT2D eigenvalue weighted by Gasteiger charge is 2.25. The van der Waals surface area contributed by atoms with Gasteiger partial charge >= 0.3 is 6.03 Å². The number of nitrogens with zero attached hydrogens (tertiary/aromatic N) is 1. The van der Waals surface area contributed by atoms with Crippen LogP contribution >= 0.6 is 0 Å². The summed E-state index contributed by atoms with van der Waals surface area (Å²) in [6, 6.07) is 18.5. The van der Waals surface area contributed by atoms with E-state index in [0.29, 0.717) is 26.2 Å². The summed E-state index contributed by atoms with van der Waals surface area (Å²) < 4.78 is 5.84. The Morgan fingerprint density at radius 1 is 1.17 bits per heavy atom. The maximum Gasteiger partial charge on any atom is 0.317 e. The Hall–Kier alpha value is -2.33. The molecule has 126 valence electrons. The highest BCUT2D eigenvalue weighted by molar-refractivity contribution is 5.74. The summed E-state index contributed by atoms with van der Waals surface area (Å²) in [4.78, 5) is 14.2. The number of ether oxygens (including phenoxy) is 1. The van der Waals surface area contributed by atoms with Crippen molar-refractivity contribution in [3.8, 4) is 0 Å². The summed E-state index contributed by atoms with van der Waals surface area (Å²) in [6.45, 7) is 4.53. The fourth-order valence-electron chi connectivity index (χ4n) is 2.89. The van der Waals surface area contributed by atoms with Gasteiger partial charge in [-0.25, -0.2) is 4.79 Å². The summed E-state index contributed by atoms with van der Waals surface area (Å²) >= 11 is 0. The van der Waals surface area contributed by atoms with Crippen molar-refractivity contribution < 1.29 is 9.53 Å². The molecule has 1 atom stereocenters. The predicted molar refractivity (Wildman–Crippen MR) is 95.0 cm³/mol. The summed E-state index contributed by atoms with van der Waals surface area (Å²) in [6.07, 6.45) is 0.803. The monoisotopic (exact) mass is 324 g/mol. The van der Waals surface area contributed by atoms with E-state index in [1.54, 1.807) is 0 Å². The highest BCUT2D eigenvalue weighted by atomic mass is 16.5. The van der Waals surface area contributed by atoms with Crippen LogP contribution in [0.15, 0.2) is 54.6 Å². The van der Waals surface area contributed by atoms with Crippen LogP contribution in [0.5, 0.6) is 0 Å². The number of carbonyl (C=O) groups excluding carboxylic acids is 1. The third kappa shape index (κ3) is 4.36. The first-order valence-corrected chi connectivity index (χ1v) is 8.47. The molecule has 2 aromatic rings. The van der Waals surface area contributed by atoms with E-state index in [2.05, 4.69) is 48.6 Å². The maximum atomic E-state index is 12.4. The lowest BCUT2D eigenvalue weighted by Crippen LogP contribution is -2.47. The molecular formula is C20H24N2O2. The highest BCUT2D eigenvalue weighted by Crippen LogP contribution is 2.22. The van der Waals surface area contributed by atoms with Gasteiger partial charge in [-0.15, -0.1) is 0 Å². The maximum absolute atomic E-state index is 12.4. The van der Waals surface area contributed by atoms with Crippen LogP contribution in [0.4, 0.5) is 4.79 Å². The van der Waals surface area contributed by atoms with Crippen molar-refractivity contribution in [1.82, 2.24) is 10.2 Å². The van der Waals surface area contributed by atoms with E-state index in [-0.39, 0.29) is 12.1 Å². The molecule has 4 heteroatoms. The van der Waals surface area contributed by atoms with Gasteiger partial charge in [-0.05, 0) is 24.5 Å². The Morgan fingerprint density at radius 3 is 2.67 bits per heavy atom. The number of rotatable bonds is 4. The molecule has 1 saturated heterocycles. The molecule has 0 saturated carbocycles. The van der Waals surface area contributed by atoms with Crippen LogP contribution in [0.25, 0.3) is 0 Å². The summed E-state index contributed by atoms with van der Waals surface area (Å²) in [5.74, 6) is 0. The number of amides is 2. The molecule has 3 rings (SSSR count). The Labute approximate surface area is 143 Å². The summed E-state index contributed by atoms with van der Waals surface area (Å²) in [5.41, 5.74) is 3.59. The summed E-state index contributed by atoms with van der Waals surface area (Å²) in [5, 5.41) is 3.01. The van der Waals surface area contributed by atoms with Crippen molar-refractivity contribution >= 4 is 6.03 Å². The summed E-state index contributed by atoms with van der Waals surface area (Å²) in [7, 11) is 0. The Kier molecular flexibility index (Phi) is 5.49. The standard InChI is InChI=1S/C20H24N2O2/c1-16-7-9-18(10-8-16)19-15-22(13-14-24-19)20(23)21-12-11-17-5-3-2-4-6-17/h2-10,19H,11-15H2,1H3,(H,21,23). The molecule has 1 unspecified atom stereocenters. The van der Waals surface area contributed by atoms with E-state index < -0.39 is 0 Å². The van der Waals surface area contributed by atoms with Gasteiger partial charge in [-0.2, -0.15) is 0 Å². The number of morpholine rings is 1. The lowest BCUT2D eigenvalue weighted by molar-refractivity contribution is -0.0154. The molecular weight excluding hydrogens is 300 g/mol. The van der Waals surface area contributed by atoms with E-state index in [0.717, 1.165) is 12.0 Å². The number of hydrogen-bond donors (Lipinski definition) is 1. The van der Waals surface area contributed by atoms with Gasteiger partial charge in [0.25, 0.3) is 0 Å². The molecule has 1 heterocycles. The number of urea groups is 1. The zero-order valence-electron chi connectivity index (χ0n) is 14.1. The fourth-order valence-corrected chi connectivity index (χ4v) is 2.89. The number of aryl methyl sites for hydroxylation is 1. The van der Waals surface area contributed by atoms with Gasteiger partial charge in [0.2, 0.25) is 0 Å². The Morgan fingerprint density at radius 2 is 1.92 bits per heavy atom. The molecule has 2 aromatic carbocycles. The third-order valence-corrected chi connectivity index (χ3v) is 4.34. The van der Waals surface area contributed by atoms with E-state index in [1.165, 1.54) is 11.1 Å². The van der Waals surface area contributed by atoms with Gasteiger partial charge in [-0.3, -0.25) is 0 Å². The van der Waals surface area contributed by atoms with E-state index in [9.17, 15) is 4.79 Å². The van der Waals surface area contributed by atoms with Crippen molar-refractivity contribution in [3.63, 3.8) is 0 Å². The molecule has 0 aromatic heterocycles. The number of hydrogen-bond acceptors (Lipinski definition) is 2. The van der Waals surface area contributed by atoms with Crippen molar-refractivity contribution in [2.75, 3.05) is 26.2 Å². The van der Waals surface area contributed by atoms with Gasteiger partial charge in [0.1, 0.15) is 6.10 Å². The minimum Gasteiger partial charge on any atom is -0.370 e. The van der Waals surface area contributed by atoms with Crippen LogP contribution in [0, 0.1) is 6.92 Å². The molecule has 2 amide bonds. The van der Waals surface area contributed by atoms with Gasteiger partial charge in [-0.1, -0.05) is 60.2 Å². The van der Waals surface area contributed by atoms with Crippen LogP contribution in [-0.4, -0.2) is 37.2 Å². The molecule has 0 aliphatic carbocycles. The fraction of sp³-hybridized carbons (Fsp3) is 0.350. The average Bonchev–Trinajstić information content (AvgIpc) is 2.63. The zero-order valence-corrected chi connectivity index (χ0v) is 14.1. The molecule has 0 spiro atoms. The molecule has 0 bridgehead atoms. The topological polar surface area (TPSA) is 41.6 Å². The lowest BCUT2D eigenvalue weighted by Gasteiger charge is -2.33. The first kappa shape index (κ1) is 16.5. The second-order valence-electron chi connectivity index (χ2n) is 6.18. The van der Waals surface area contributed by atoms with Crippen LogP contribution < -0.4 is 5.32 Å². The first-order chi connectivity index (χ1) is 11.7. The van der Waals surface area contributed by atoms with Crippen LogP contribution in [0.1, 0.15) is 22.8 Å². The van der Waals surface area contributed by atoms with E-state index in [4.69, 9.17) is 4.74 Å². The minimum absolute atomic E-state index is 0.00802. The van der Waals surface area contributed by atoms with Crippen molar-refractivity contribution in [3.05, 3.63) is 71.3 Å². The SMILES string of the molecule is Cc1ccc(C2CN(C(=O)NCCc3ccccc3)CCO2)cc1. The normalized spacial score (nSPS) is 17.5. The van der Waals surface area contributed by atoms with Gasteiger partial charge in [0, 0.05) is 13.1 Å². The molecule has 1 aliphatic heterocycles. The molecule has 4 nitrogen and oxygen atoms in total. The number of carbonyl (C=O) groups is 1. The van der Waals surface area contributed by atoms with Crippen LogP contribution in [-0.2, 0) is 11.2 Å². The van der Waals surface area contributed by atoms with Gasteiger partial charge in [0.15, 0.2) is 0 Å². The predicted octanol–water partition coefficient (Wildman–Crippen LogP) is 3.32. The van der Waals surface area contributed by atoms with Crippen LogP contribution in [0.3, 0.4) is 0 Å². The van der Waals surface area contributed by atoms with E-state index >= 15 is 0 Å². The van der Waals surface area contributed by atoms with Gasteiger partial charge in [0.05, 0.1) is 13.2 Å². The number of nitrogens with one attached hydrogen (secondary N) is 1.